The molecule has 3 rings (SSSR count). The quantitative estimate of drug-likeness (QED) is 0.722. The van der Waals surface area contributed by atoms with E-state index in [1.807, 2.05) is 41.0 Å². The molecule has 2 aromatic carbocycles. The highest BCUT2D eigenvalue weighted by Gasteiger charge is 2.11. The zero-order chi connectivity index (χ0) is 15.0. The minimum absolute atomic E-state index is 0.309. The van der Waals surface area contributed by atoms with Crippen LogP contribution in [-0.2, 0) is 4.79 Å². The molecule has 0 amide bonds. The number of fused-ring (bicyclic) bond motifs is 3. The summed E-state index contributed by atoms with van der Waals surface area (Å²) in [6.07, 6.45) is 3.46. The predicted molar refractivity (Wildman–Crippen MR) is 87.1 cm³/mol. The van der Waals surface area contributed by atoms with Gasteiger partial charge in [-0.2, -0.15) is 0 Å². The lowest BCUT2D eigenvalue weighted by Gasteiger charge is -2.04. The van der Waals surface area contributed by atoms with Crippen LogP contribution in [0.25, 0.3) is 34.1 Å². The van der Waals surface area contributed by atoms with Gasteiger partial charge in [-0.25, -0.2) is 4.79 Å². The molecule has 104 valence electrons. The first kappa shape index (κ1) is 13.2. The Hall–Kier alpha value is -2.81. The highest BCUT2D eigenvalue weighted by Crippen LogP contribution is 2.32. The number of nitrogens with zero attached hydrogens (tertiary/aromatic N) is 1. The third-order valence-corrected chi connectivity index (χ3v) is 3.65. The summed E-state index contributed by atoms with van der Waals surface area (Å²) >= 11 is 0. The van der Waals surface area contributed by atoms with Crippen molar-refractivity contribution in [2.75, 3.05) is 0 Å². The smallest absolute Gasteiger partial charge is 0.331 e. The number of hydrogen-bond acceptors (Lipinski definition) is 1. The fraction of sp³-hybridized carbons (Fsp3) is 0.0556. The first-order valence-corrected chi connectivity index (χ1v) is 6.69. The Morgan fingerprint density at radius 3 is 2.57 bits per heavy atom. The van der Waals surface area contributed by atoms with Crippen LogP contribution in [0.4, 0.5) is 0 Å². The number of carboxylic acid groups (broad SMARTS) is 1. The fourth-order valence-corrected chi connectivity index (χ4v) is 2.68. The van der Waals surface area contributed by atoms with Crippen LogP contribution >= 0.6 is 0 Å². The van der Waals surface area contributed by atoms with Crippen LogP contribution in [0.3, 0.4) is 0 Å². The van der Waals surface area contributed by atoms with Gasteiger partial charge in [0.25, 0.3) is 0 Å². The average molecular weight is 277 g/mol. The number of aliphatic carboxylic acids is 1. The molecule has 0 spiro atoms. The van der Waals surface area contributed by atoms with Crippen molar-refractivity contribution in [3.05, 3.63) is 60.2 Å². The molecule has 1 heterocycles. The largest absolute Gasteiger partial charge is 0.478 e. The van der Waals surface area contributed by atoms with Crippen LogP contribution in [0.2, 0.25) is 0 Å². The number of rotatable bonds is 3. The maximum Gasteiger partial charge on any atom is 0.331 e. The van der Waals surface area contributed by atoms with E-state index in [4.69, 9.17) is 5.11 Å². The molecule has 0 saturated heterocycles. The highest BCUT2D eigenvalue weighted by molar-refractivity contribution is 6.12. The van der Waals surface area contributed by atoms with Gasteiger partial charge in [-0.3, -0.25) is 0 Å². The van der Waals surface area contributed by atoms with Gasteiger partial charge < -0.3 is 9.67 Å². The van der Waals surface area contributed by atoms with E-state index in [0.29, 0.717) is 5.57 Å². The number of benzene rings is 2. The van der Waals surface area contributed by atoms with Gasteiger partial charge in [0.15, 0.2) is 0 Å². The van der Waals surface area contributed by atoms with Crippen molar-refractivity contribution < 1.29 is 9.90 Å². The van der Waals surface area contributed by atoms with Crippen LogP contribution in [0.1, 0.15) is 12.5 Å². The van der Waals surface area contributed by atoms with Gasteiger partial charge in [-0.1, -0.05) is 43.0 Å². The van der Waals surface area contributed by atoms with Gasteiger partial charge >= 0.3 is 5.97 Å². The number of carboxylic acids is 1. The van der Waals surface area contributed by atoms with Gasteiger partial charge in [0, 0.05) is 22.5 Å². The first-order valence-electron chi connectivity index (χ1n) is 6.69. The predicted octanol–water partition coefficient (Wildman–Crippen LogP) is 4.38. The second-order valence-electron chi connectivity index (χ2n) is 4.95. The van der Waals surface area contributed by atoms with E-state index < -0.39 is 5.97 Å². The summed E-state index contributed by atoms with van der Waals surface area (Å²) in [5.74, 6) is -0.909. The molecule has 1 N–H and O–H groups in total. The Bertz CT molecular complexity index is 900. The van der Waals surface area contributed by atoms with Crippen molar-refractivity contribution in [2.24, 2.45) is 0 Å². The van der Waals surface area contributed by atoms with Crippen molar-refractivity contribution in [3.63, 3.8) is 0 Å². The van der Waals surface area contributed by atoms with Crippen molar-refractivity contribution in [1.82, 2.24) is 4.57 Å². The van der Waals surface area contributed by atoms with Gasteiger partial charge in [-0.05, 0) is 24.6 Å². The molecule has 0 fully saturated rings. The molecule has 0 aliphatic carbocycles. The zero-order valence-corrected chi connectivity index (χ0v) is 11.7. The molecule has 3 nitrogen and oxygen atoms in total. The average Bonchev–Trinajstić information content (AvgIpc) is 2.82. The molecule has 1 aromatic heterocycles. The Morgan fingerprint density at radius 2 is 1.86 bits per heavy atom. The maximum atomic E-state index is 11.1. The third kappa shape index (κ3) is 2.03. The molecule has 0 saturated carbocycles. The van der Waals surface area contributed by atoms with E-state index >= 15 is 0 Å². The number of para-hydroxylation sites is 2. The molecule has 0 unspecified atom stereocenters. The molecule has 0 radical (unpaired) electrons. The second kappa shape index (κ2) is 4.94. The number of hydrogen-bond donors (Lipinski definition) is 1. The topological polar surface area (TPSA) is 42.2 Å². The Kier molecular flexibility index (Phi) is 3.10. The summed E-state index contributed by atoms with van der Waals surface area (Å²) in [5.41, 5.74) is 3.23. The molecule has 0 aliphatic rings. The van der Waals surface area contributed by atoms with Crippen LogP contribution in [0.5, 0.6) is 0 Å². The van der Waals surface area contributed by atoms with E-state index in [1.165, 1.54) is 0 Å². The SMILES string of the molecule is C=Cn1c2ccccc2c2cccc(C=C(C)C(=O)O)c21. The van der Waals surface area contributed by atoms with E-state index in [2.05, 4.69) is 12.6 Å². The van der Waals surface area contributed by atoms with Crippen LogP contribution in [0.15, 0.2) is 54.6 Å². The molecule has 21 heavy (non-hydrogen) atoms. The van der Waals surface area contributed by atoms with Crippen molar-refractivity contribution in [2.45, 2.75) is 6.92 Å². The van der Waals surface area contributed by atoms with Crippen molar-refractivity contribution in [1.29, 1.82) is 0 Å². The maximum absolute atomic E-state index is 11.1. The monoisotopic (exact) mass is 277 g/mol. The van der Waals surface area contributed by atoms with Crippen LogP contribution < -0.4 is 0 Å². The molecule has 3 aromatic rings. The van der Waals surface area contributed by atoms with Crippen LogP contribution in [0, 0.1) is 0 Å². The summed E-state index contributed by atoms with van der Waals surface area (Å²) in [5, 5.41) is 11.3. The van der Waals surface area contributed by atoms with E-state index in [1.54, 1.807) is 19.2 Å². The second-order valence-corrected chi connectivity index (χ2v) is 4.95. The summed E-state index contributed by atoms with van der Waals surface area (Å²) in [4.78, 5) is 11.1. The summed E-state index contributed by atoms with van der Waals surface area (Å²) < 4.78 is 2.01. The zero-order valence-electron chi connectivity index (χ0n) is 11.7. The van der Waals surface area contributed by atoms with E-state index in [0.717, 1.165) is 27.4 Å². The lowest BCUT2D eigenvalue weighted by molar-refractivity contribution is -0.132. The lowest BCUT2D eigenvalue weighted by atomic mass is 10.1. The van der Waals surface area contributed by atoms with E-state index in [-0.39, 0.29) is 0 Å². The molecular weight excluding hydrogens is 262 g/mol. The molecule has 0 bridgehead atoms. The molecular formula is C18H15NO2. The van der Waals surface area contributed by atoms with Gasteiger partial charge in [0.1, 0.15) is 0 Å². The highest BCUT2D eigenvalue weighted by atomic mass is 16.4. The summed E-state index contributed by atoms with van der Waals surface area (Å²) in [6, 6.07) is 14.0. The lowest BCUT2D eigenvalue weighted by Crippen LogP contribution is -1.96. The number of carbonyl (C=O) groups is 1. The van der Waals surface area contributed by atoms with Crippen molar-refractivity contribution >= 4 is 40.1 Å². The minimum atomic E-state index is -0.909. The van der Waals surface area contributed by atoms with Crippen LogP contribution in [-0.4, -0.2) is 15.6 Å². The summed E-state index contributed by atoms with van der Waals surface area (Å²) in [7, 11) is 0. The Labute approximate surface area is 122 Å². The van der Waals surface area contributed by atoms with Crippen molar-refractivity contribution in [3.8, 4) is 0 Å². The minimum Gasteiger partial charge on any atom is -0.478 e. The van der Waals surface area contributed by atoms with Gasteiger partial charge in [0.2, 0.25) is 0 Å². The van der Waals surface area contributed by atoms with Gasteiger partial charge in [-0.15, -0.1) is 0 Å². The van der Waals surface area contributed by atoms with E-state index in [9.17, 15) is 4.79 Å². The molecule has 0 aliphatic heterocycles. The Morgan fingerprint density at radius 1 is 1.14 bits per heavy atom. The first-order chi connectivity index (χ1) is 10.1. The standard InChI is InChI=1S/C18H15NO2/c1-3-19-16-10-5-4-8-14(16)15-9-6-7-13(17(15)19)11-12(2)18(20)21/h3-11H,1H2,2H3,(H,20,21). The normalized spacial score (nSPS) is 12.0. The molecule has 3 heteroatoms. The van der Waals surface area contributed by atoms with Gasteiger partial charge in [0.05, 0.1) is 11.0 Å². The summed E-state index contributed by atoms with van der Waals surface area (Å²) in [6.45, 7) is 5.48. The third-order valence-electron chi connectivity index (χ3n) is 3.65. The Balaban J connectivity index is 2.45. The fourth-order valence-electron chi connectivity index (χ4n) is 2.68. The molecule has 0 atom stereocenters. The number of aromatic nitrogens is 1.